The molecule has 0 heterocycles. The fourth-order valence-electron chi connectivity index (χ4n) is 0.141. The molecule has 0 saturated heterocycles. The molecule has 10 heteroatoms. The van der Waals surface area contributed by atoms with E-state index in [0.717, 1.165) is 0 Å². The molecular weight excluding hydrogens is 187 g/mol. The van der Waals surface area contributed by atoms with Crippen LogP contribution < -0.4 is 4.83 Å². The van der Waals surface area contributed by atoms with E-state index in [1.165, 1.54) is 0 Å². The van der Waals surface area contributed by atoms with Crippen molar-refractivity contribution in [2.45, 2.75) is 0 Å². The maximum Gasteiger partial charge on any atom is 0.409 e. The van der Waals surface area contributed by atoms with Gasteiger partial charge in [-0.3, -0.25) is 0 Å². The first kappa shape index (κ1) is 9.20. The van der Waals surface area contributed by atoms with Crippen molar-refractivity contribution in [3.05, 3.63) is 10.1 Å². The van der Waals surface area contributed by atoms with E-state index in [4.69, 9.17) is 10.1 Å². The molecule has 0 aliphatic carbocycles. The Bertz CT molecular complexity index is 165. The highest BCUT2D eigenvalue weighted by Crippen LogP contribution is 2.94. The summed E-state index contributed by atoms with van der Waals surface area (Å²) in [6.07, 6.45) is 0. The molecule has 0 aromatic rings. The molecule has 0 fully saturated rings. The molecule has 0 bridgehead atoms. The van der Waals surface area contributed by atoms with Crippen LogP contribution in [0, 0.1) is 10.1 Å². The van der Waals surface area contributed by atoms with Gasteiger partial charge in [-0.25, -0.2) is 10.1 Å². The molecule has 0 rings (SSSR count). The van der Waals surface area contributed by atoms with Gasteiger partial charge in [0, 0.05) is 4.83 Å². The normalized spacial score (nSPS) is 18.9. The van der Waals surface area contributed by atoms with Crippen LogP contribution in [-0.4, -0.2) is 5.03 Å². The fraction of sp³-hybridized carbons (Fsp3) is 0. The van der Waals surface area contributed by atoms with E-state index in [0.29, 0.717) is 0 Å². The number of hydrogen-bond acceptors (Lipinski definition) is 2. The van der Waals surface area contributed by atoms with Crippen LogP contribution >= 0.6 is 10.4 Å². The molecule has 0 atom stereocenters. The number of nitrogens with one attached hydrogen (secondary N) is 1. The van der Waals surface area contributed by atoms with E-state index < -0.39 is 20.3 Å². The minimum atomic E-state index is -10.1. The first-order valence-corrected chi connectivity index (χ1v) is 3.52. The van der Waals surface area contributed by atoms with Gasteiger partial charge in [0.05, 0.1) is 0 Å². The topological polar surface area (TPSA) is 55.2 Å². The zero-order valence-corrected chi connectivity index (χ0v) is 4.88. The fourth-order valence-corrected chi connectivity index (χ4v) is 0.423. The molecule has 0 aliphatic rings. The third-order valence-electron chi connectivity index (χ3n) is 0.247. The summed E-state index contributed by atoms with van der Waals surface area (Å²) in [5.74, 6) is 0. The monoisotopic (exact) mass is 188 g/mol. The molecule has 0 aliphatic heterocycles. The van der Waals surface area contributed by atoms with Gasteiger partial charge in [-0.2, -0.15) is 0 Å². The van der Waals surface area contributed by atoms with E-state index >= 15 is 0 Å². The van der Waals surface area contributed by atoms with Crippen LogP contribution in [0.25, 0.3) is 0 Å². The van der Waals surface area contributed by atoms with Crippen molar-refractivity contribution in [3.63, 3.8) is 0 Å². The number of hydrazine groups is 1. The predicted octanol–water partition coefficient (Wildman–Crippen LogP) is 1.98. The lowest BCUT2D eigenvalue weighted by molar-refractivity contribution is -0.525. The second kappa shape index (κ2) is 1.28. The molecule has 0 saturated carbocycles. The Labute approximate surface area is 51.0 Å². The first-order valence-electron chi connectivity index (χ1n) is 1.56. The van der Waals surface area contributed by atoms with Crippen molar-refractivity contribution in [1.82, 2.24) is 4.83 Å². The number of halogens is 5. The van der Waals surface area contributed by atoms with Crippen molar-refractivity contribution < 1.29 is 24.5 Å². The van der Waals surface area contributed by atoms with Crippen molar-refractivity contribution >= 4 is 10.4 Å². The van der Waals surface area contributed by atoms with Crippen LogP contribution in [0.15, 0.2) is 0 Å². The quantitative estimate of drug-likeness (QED) is 0.409. The van der Waals surface area contributed by atoms with Gasteiger partial charge in [0.25, 0.3) is 0 Å². The summed E-state index contributed by atoms with van der Waals surface area (Å²) in [7, 11) is -10.1. The SMILES string of the molecule is O=[N+]([O-])NS(F)(F)(F)(F)F. The number of nitrogens with zero attached hydrogens (tertiary/aromatic N) is 1. The van der Waals surface area contributed by atoms with E-state index in [2.05, 4.69) is 0 Å². The summed E-state index contributed by atoms with van der Waals surface area (Å²) in [5, 5.41) is 6.60. The van der Waals surface area contributed by atoms with E-state index in [1.807, 2.05) is 0 Å². The number of rotatable bonds is 2. The third-order valence-corrected chi connectivity index (χ3v) is 0.741. The lowest BCUT2D eigenvalue weighted by atomic mass is 12.7. The standard InChI is InChI=1S/F5HN2O2S/c1-10(2,3,4,5)6-7(8)9/h6H. The first-order chi connectivity index (χ1) is 3.89. The molecule has 0 radical (unpaired) electrons. The highest BCUT2D eigenvalue weighted by molar-refractivity contribution is 8.44. The van der Waals surface area contributed by atoms with Gasteiger partial charge in [-0.1, -0.05) is 19.4 Å². The van der Waals surface area contributed by atoms with Gasteiger partial charge in [0.2, 0.25) is 0 Å². The largest absolute Gasteiger partial charge is 0.409 e. The number of nitro groups is 1. The summed E-state index contributed by atoms with van der Waals surface area (Å²) in [5.41, 5.74) is 0. The van der Waals surface area contributed by atoms with Gasteiger partial charge in [0.15, 0.2) is 5.03 Å². The van der Waals surface area contributed by atoms with Crippen LogP contribution in [0.2, 0.25) is 0 Å². The molecule has 0 aromatic carbocycles. The van der Waals surface area contributed by atoms with Crippen molar-refractivity contribution in [3.8, 4) is 0 Å². The molecular formula is HF5N2O2S. The number of hydrogen-bond donors (Lipinski definition) is 1. The zero-order chi connectivity index (χ0) is 8.69. The van der Waals surface area contributed by atoms with Crippen LogP contribution in [-0.2, 0) is 0 Å². The Hall–Kier alpha value is -0.800. The highest BCUT2D eigenvalue weighted by atomic mass is 32.5. The smallest absolute Gasteiger partial charge is 0.234 e. The second-order valence-electron chi connectivity index (χ2n) is 1.32. The average Bonchev–Trinajstić information content (AvgIpc) is 1.12. The molecule has 1 N–H and O–H groups in total. The average molecular weight is 188 g/mol. The van der Waals surface area contributed by atoms with E-state index in [1.54, 1.807) is 0 Å². The highest BCUT2D eigenvalue weighted by Gasteiger charge is 2.68. The Balaban J connectivity index is 4.59. The maximum absolute atomic E-state index is 10.9. The minimum absolute atomic E-state index is 0.958. The molecule has 64 valence electrons. The Morgan fingerprint density at radius 3 is 1.50 bits per heavy atom. The summed E-state index contributed by atoms with van der Waals surface area (Å²) >= 11 is 0. The van der Waals surface area contributed by atoms with Gasteiger partial charge < -0.3 is 0 Å². The Kier molecular flexibility index (Phi) is 1.18. The van der Waals surface area contributed by atoms with Crippen LogP contribution in [0.5, 0.6) is 0 Å². The van der Waals surface area contributed by atoms with Gasteiger partial charge in [-0.05, 0) is 0 Å². The summed E-state index contributed by atoms with van der Waals surface area (Å²) < 4.78 is 54.6. The van der Waals surface area contributed by atoms with Gasteiger partial charge in [-0.15, -0.1) is 0 Å². The van der Waals surface area contributed by atoms with Crippen molar-refractivity contribution in [2.24, 2.45) is 0 Å². The summed E-state index contributed by atoms with van der Waals surface area (Å²) in [6, 6.07) is 0. The van der Waals surface area contributed by atoms with E-state index in [9.17, 15) is 19.4 Å². The van der Waals surface area contributed by atoms with Crippen molar-refractivity contribution in [2.75, 3.05) is 0 Å². The van der Waals surface area contributed by atoms with Crippen molar-refractivity contribution in [1.29, 1.82) is 0 Å². The summed E-state index contributed by atoms with van der Waals surface area (Å²) in [4.78, 5) is 7.99. The van der Waals surface area contributed by atoms with Crippen LogP contribution in [0.1, 0.15) is 0 Å². The Morgan fingerprint density at radius 2 is 1.50 bits per heavy atom. The molecule has 10 heavy (non-hydrogen) atoms. The molecule has 4 nitrogen and oxygen atoms in total. The maximum atomic E-state index is 10.9. The lowest BCUT2D eigenvalue weighted by Gasteiger charge is -2.35. The Morgan fingerprint density at radius 1 is 1.20 bits per heavy atom. The predicted molar refractivity (Wildman–Crippen MR) is 23.3 cm³/mol. The molecule has 0 spiro atoms. The summed E-state index contributed by atoms with van der Waals surface area (Å²) in [6.45, 7) is 0. The van der Waals surface area contributed by atoms with Crippen LogP contribution in [0.4, 0.5) is 19.4 Å². The van der Waals surface area contributed by atoms with Gasteiger partial charge >= 0.3 is 10.4 Å². The lowest BCUT2D eigenvalue weighted by Crippen LogP contribution is -2.32. The minimum Gasteiger partial charge on any atom is -0.234 e. The molecule has 0 aromatic heterocycles. The third kappa shape index (κ3) is 7.20. The van der Waals surface area contributed by atoms with Gasteiger partial charge in [0.1, 0.15) is 0 Å². The zero-order valence-electron chi connectivity index (χ0n) is 4.06. The van der Waals surface area contributed by atoms with E-state index in [-0.39, 0.29) is 0 Å². The second-order valence-corrected chi connectivity index (χ2v) is 3.44. The molecule has 0 unspecified atom stereocenters. The van der Waals surface area contributed by atoms with Crippen LogP contribution in [0.3, 0.4) is 0 Å². The molecule has 0 amide bonds.